The van der Waals surface area contributed by atoms with Crippen LogP contribution in [0.4, 0.5) is 0 Å². The van der Waals surface area contributed by atoms with E-state index in [0.717, 1.165) is 5.92 Å². The highest BCUT2D eigenvalue weighted by Crippen LogP contribution is 2.30. The average Bonchev–Trinajstić information content (AvgIpc) is 2.65. The highest BCUT2D eigenvalue weighted by Gasteiger charge is 2.31. The standard InChI is InChI=1S/C11H21NO2/c1-2-9-4-3-5-10(6-9)12-7-11(13)8-14-12/h9-11,13H,2-8H2,1H3/t9?,10?,11-/m1/s1. The Balaban J connectivity index is 1.84. The van der Waals surface area contributed by atoms with Gasteiger partial charge in [0.05, 0.1) is 19.3 Å². The molecule has 1 aliphatic heterocycles. The normalized spacial score (nSPS) is 40.3. The van der Waals surface area contributed by atoms with E-state index in [2.05, 4.69) is 6.92 Å². The molecule has 3 nitrogen and oxygen atoms in total. The van der Waals surface area contributed by atoms with Gasteiger partial charge in [0.2, 0.25) is 0 Å². The molecule has 1 aliphatic carbocycles. The van der Waals surface area contributed by atoms with Crippen molar-refractivity contribution in [1.29, 1.82) is 0 Å². The zero-order chi connectivity index (χ0) is 9.97. The molecule has 0 aromatic heterocycles. The average molecular weight is 199 g/mol. The van der Waals surface area contributed by atoms with Crippen molar-refractivity contribution >= 4 is 0 Å². The topological polar surface area (TPSA) is 32.7 Å². The Bertz CT molecular complexity index is 186. The van der Waals surface area contributed by atoms with Gasteiger partial charge < -0.3 is 5.11 Å². The minimum atomic E-state index is -0.267. The lowest BCUT2D eigenvalue weighted by Gasteiger charge is -2.33. The predicted molar refractivity (Wildman–Crippen MR) is 54.7 cm³/mol. The third-order valence-electron chi connectivity index (χ3n) is 3.56. The van der Waals surface area contributed by atoms with Crippen molar-refractivity contribution in [3.8, 4) is 0 Å². The largest absolute Gasteiger partial charge is 0.389 e. The third kappa shape index (κ3) is 2.27. The summed E-state index contributed by atoms with van der Waals surface area (Å²) in [5.74, 6) is 0.870. The van der Waals surface area contributed by atoms with E-state index < -0.39 is 0 Å². The molecule has 0 amide bonds. The fourth-order valence-electron chi connectivity index (χ4n) is 2.64. The van der Waals surface area contributed by atoms with Gasteiger partial charge in [0.1, 0.15) is 0 Å². The van der Waals surface area contributed by atoms with Crippen LogP contribution in [0.15, 0.2) is 0 Å². The lowest BCUT2D eigenvalue weighted by molar-refractivity contribution is -0.151. The van der Waals surface area contributed by atoms with Gasteiger partial charge in [-0.1, -0.05) is 26.2 Å². The Kier molecular flexibility index (Phi) is 3.42. The number of aliphatic hydroxyl groups is 1. The number of hydrogen-bond donors (Lipinski definition) is 1. The van der Waals surface area contributed by atoms with Gasteiger partial charge in [0, 0.05) is 6.04 Å². The van der Waals surface area contributed by atoms with Crippen LogP contribution in [0.25, 0.3) is 0 Å². The molecular formula is C11H21NO2. The van der Waals surface area contributed by atoms with Crippen LogP contribution >= 0.6 is 0 Å². The molecule has 2 fully saturated rings. The first-order valence-corrected chi connectivity index (χ1v) is 5.87. The van der Waals surface area contributed by atoms with Crippen molar-refractivity contribution in [2.45, 2.75) is 51.2 Å². The Morgan fingerprint density at radius 3 is 2.93 bits per heavy atom. The Hall–Kier alpha value is -0.120. The van der Waals surface area contributed by atoms with Crippen molar-refractivity contribution in [3.05, 3.63) is 0 Å². The van der Waals surface area contributed by atoms with E-state index in [4.69, 9.17) is 4.84 Å². The lowest BCUT2D eigenvalue weighted by atomic mass is 9.84. The van der Waals surface area contributed by atoms with Crippen LogP contribution in [0, 0.1) is 5.92 Å². The fourth-order valence-corrected chi connectivity index (χ4v) is 2.64. The van der Waals surface area contributed by atoms with Crippen LogP contribution in [-0.4, -0.2) is 35.5 Å². The molecule has 0 bridgehead atoms. The summed E-state index contributed by atoms with van der Waals surface area (Å²) in [5.41, 5.74) is 0. The molecule has 82 valence electrons. The van der Waals surface area contributed by atoms with Crippen LogP contribution in [0.2, 0.25) is 0 Å². The SMILES string of the molecule is CCC1CCCC(N2C[C@@H](O)CO2)C1. The van der Waals surface area contributed by atoms with E-state index in [1.54, 1.807) is 0 Å². The van der Waals surface area contributed by atoms with Gasteiger partial charge in [0.25, 0.3) is 0 Å². The molecule has 1 saturated carbocycles. The van der Waals surface area contributed by atoms with Crippen molar-refractivity contribution < 1.29 is 9.94 Å². The highest BCUT2D eigenvalue weighted by atomic mass is 16.7. The maximum atomic E-state index is 9.39. The summed E-state index contributed by atoms with van der Waals surface area (Å²) in [5, 5.41) is 11.4. The van der Waals surface area contributed by atoms with Crippen LogP contribution in [0.3, 0.4) is 0 Å². The van der Waals surface area contributed by atoms with E-state index >= 15 is 0 Å². The second-order valence-corrected chi connectivity index (χ2v) is 4.64. The fraction of sp³-hybridized carbons (Fsp3) is 1.00. The Morgan fingerprint density at radius 1 is 1.43 bits per heavy atom. The molecule has 0 aromatic carbocycles. The summed E-state index contributed by atoms with van der Waals surface area (Å²) in [6.45, 7) is 3.47. The number of hydroxylamine groups is 2. The first-order chi connectivity index (χ1) is 6.79. The summed E-state index contributed by atoms with van der Waals surface area (Å²) in [6.07, 6.45) is 6.21. The van der Waals surface area contributed by atoms with Gasteiger partial charge >= 0.3 is 0 Å². The monoisotopic (exact) mass is 199 g/mol. The number of nitrogens with zero attached hydrogens (tertiary/aromatic N) is 1. The third-order valence-corrected chi connectivity index (χ3v) is 3.56. The summed E-state index contributed by atoms with van der Waals surface area (Å²) < 4.78 is 0. The summed E-state index contributed by atoms with van der Waals surface area (Å²) in [4.78, 5) is 5.48. The molecule has 2 unspecified atom stereocenters. The van der Waals surface area contributed by atoms with Crippen molar-refractivity contribution in [2.75, 3.05) is 13.2 Å². The van der Waals surface area contributed by atoms with Gasteiger partial charge in [-0.05, 0) is 18.8 Å². The Labute approximate surface area is 86.0 Å². The predicted octanol–water partition coefficient (Wildman–Crippen LogP) is 1.56. The quantitative estimate of drug-likeness (QED) is 0.732. The number of aliphatic hydroxyl groups excluding tert-OH is 1. The van der Waals surface area contributed by atoms with Gasteiger partial charge in [-0.3, -0.25) is 4.84 Å². The second-order valence-electron chi connectivity index (χ2n) is 4.64. The lowest BCUT2D eigenvalue weighted by Crippen LogP contribution is -2.36. The summed E-state index contributed by atoms with van der Waals surface area (Å²) >= 11 is 0. The summed E-state index contributed by atoms with van der Waals surface area (Å²) in [7, 11) is 0. The van der Waals surface area contributed by atoms with E-state index in [0.29, 0.717) is 19.2 Å². The molecular weight excluding hydrogens is 178 g/mol. The van der Waals surface area contributed by atoms with Gasteiger partial charge in [-0.2, -0.15) is 5.06 Å². The zero-order valence-electron chi connectivity index (χ0n) is 8.98. The molecule has 2 aliphatic rings. The molecule has 3 atom stereocenters. The molecule has 2 rings (SSSR count). The van der Waals surface area contributed by atoms with Crippen molar-refractivity contribution in [3.63, 3.8) is 0 Å². The van der Waals surface area contributed by atoms with Gasteiger partial charge in [0.15, 0.2) is 0 Å². The van der Waals surface area contributed by atoms with Crippen LogP contribution in [-0.2, 0) is 4.84 Å². The number of hydrogen-bond acceptors (Lipinski definition) is 3. The molecule has 1 N–H and O–H groups in total. The molecule has 0 aromatic rings. The first-order valence-electron chi connectivity index (χ1n) is 5.87. The van der Waals surface area contributed by atoms with Crippen molar-refractivity contribution in [2.24, 2.45) is 5.92 Å². The van der Waals surface area contributed by atoms with Crippen LogP contribution < -0.4 is 0 Å². The maximum Gasteiger partial charge on any atom is 0.0958 e. The molecule has 0 spiro atoms. The molecule has 1 saturated heterocycles. The Morgan fingerprint density at radius 2 is 2.29 bits per heavy atom. The van der Waals surface area contributed by atoms with Crippen molar-refractivity contribution in [1.82, 2.24) is 5.06 Å². The van der Waals surface area contributed by atoms with Gasteiger partial charge in [-0.15, -0.1) is 0 Å². The second kappa shape index (κ2) is 4.60. The first kappa shape index (κ1) is 10.4. The van der Waals surface area contributed by atoms with E-state index in [1.807, 2.05) is 5.06 Å². The molecule has 1 heterocycles. The van der Waals surface area contributed by atoms with Crippen LogP contribution in [0.1, 0.15) is 39.0 Å². The number of rotatable bonds is 2. The van der Waals surface area contributed by atoms with E-state index in [-0.39, 0.29) is 6.10 Å². The zero-order valence-corrected chi connectivity index (χ0v) is 8.98. The minimum absolute atomic E-state index is 0.267. The molecule has 14 heavy (non-hydrogen) atoms. The van der Waals surface area contributed by atoms with E-state index in [1.165, 1.54) is 32.1 Å². The molecule has 3 heteroatoms. The minimum Gasteiger partial charge on any atom is -0.389 e. The summed E-state index contributed by atoms with van der Waals surface area (Å²) in [6, 6.07) is 0.561. The van der Waals surface area contributed by atoms with Crippen LogP contribution in [0.5, 0.6) is 0 Å². The maximum absolute atomic E-state index is 9.39. The number of β-amino-alcohol motifs (C(OH)–C–C–N with tert-alkyl or cyclic N) is 1. The van der Waals surface area contributed by atoms with E-state index in [9.17, 15) is 5.11 Å². The van der Waals surface area contributed by atoms with Gasteiger partial charge in [-0.25, -0.2) is 0 Å². The smallest absolute Gasteiger partial charge is 0.0958 e. The highest BCUT2D eigenvalue weighted by molar-refractivity contribution is 4.79. The molecule has 0 radical (unpaired) electrons.